The second-order valence-corrected chi connectivity index (χ2v) is 10.1. The summed E-state index contributed by atoms with van der Waals surface area (Å²) in [5.41, 5.74) is 10.1. The summed E-state index contributed by atoms with van der Waals surface area (Å²) in [4.78, 5) is 6.69. The van der Waals surface area contributed by atoms with Gasteiger partial charge in [-0.3, -0.25) is 0 Å². The van der Waals surface area contributed by atoms with Gasteiger partial charge in [0.25, 0.3) is 0 Å². The maximum absolute atomic E-state index is 6.07. The minimum Gasteiger partial charge on any atom is -0.455 e. The molecule has 4 aromatic carbocycles. The molecule has 0 unspecified atom stereocenters. The Morgan fingerprint density at radius 1 is 0.800 bits per heavy atom. The Hall–Kier alpha value is -5.22. The molecule has 4 heteroatoms. The van der Waals surface area contributed by atoms with Crippen LogP contribution in [-0.2, 0) is 0 Å². The van der Waals surface area contributed by atoms with Gasteiger partial charge in [-0.25, -0.2) is 0 Å². The highest BCUT2D eigenvalue weighted by Gasteiger charge is 2.16. The Bertz CT molecular complexity index is 2070. The Kier molecular flexibility index (Phi) is 5.67. The van der Waals surface area contributed by atoms with Crippen LogP contribution in [0.1, 0.15) is 23.9 Å². The standard InChI is InChI=1S/C36H29N3O/c1-4-8-34-28(5-2)31-22-25(24-11-17-33-30(21-24)29-9-6-7-10-32(29)38-33)12-18-35(31)39(34)26-13-15-27(16-14-26)40-36-19-20-37-23(36)3/h4-22,37-38H,2H2,1,3H3/b8-4-. The van der Waals surface area contributed by atoms with Gasteiger partial charge in [-0.2, -0.15) is 0 Å². The molecule has 0 aliphatic carbocycles. The van der Waals surface area contributed by atoms with E-state index in [2.05, 4.69) is 106 Å². The molecule has 0 saturated carbocycles. The summed E-state index contributed by atoms with van der Waals surface area (Å²) in [6.07, 6.45) is 8.09. The van der Waals surface area contributed by atoms with Crippen LogP contribution in [0.2, 0.25) is 0 Å². The normalized spacial score (nSPS) is 11.8. The predicted octanol–water partition coefficient (Wildman–Crippen LogP) is 10.0. The number of fused-ring (bicyclic) bond motifs is 4. The van der Waals surface area contributed by atoms with E-state index in [1.165, 1.54) is 27.3 Å². The number of ether oxygens (including phenoxy) is 1. The first-order chi connectivity index (χ1) is 19.6. The highest BCUT2D eigenvalue weighted by molar-refractivity contribution is 6.08. The lowest BCUT2D eigenvalue weighted by atomic mass is 10.00. The van der Waals surface area contributed by atoms with Crippen LogP contribution in [-0.4, -0.2) is 14.5 Å². The lowest BCUT2D eigenvalue weighted by Gasteiger charge is -2.11. The topological polar surface area (TPSA) is 45.7 Å². The molecule has 0 bridgehead atoms. The largest absolute Gasteiger partial charge is 0.455 e. The number of H-pyrrole nitrogens is 2. The second kappa shape index (κ2) is 9.51. The van der Waals surface area contributed by atoms with Crippen LogP contribution in [0.25, 0.3) is 61.7 Å². The summed E-state index contributed by atoms with van der Waals surface area (Å²) >= 11 is 0. The van der Waals surface area contributed by atoms with E-state index >= 15 is 0 Å². The summed E-state index contributed by atoms with van der Waals surface area (Å²) in [6.45, 7) is 8.24. The summed E-state index contributed by atoms with van der Waals surface area (Å²) in [7, 11) is 0. The molecule has 3 aromatic heterocycles. The van der Waals surface area contributed by atoms with E-state index < -0.39 is 0 Å². The van der Waals surface area contributed by atoms with Crippen LogP contribution in [0.5, 0.6) is 11.5 Å². The van der Waals surface area contributed by atoms with Crippen molar-refractivity contribution in [2.45, 2.75) is 13.8 Å². The minimum absolute atomic E-state index is 0.800. The van der Waals surface area contributed by atoms with Crippen LogP contribution >= 0.6 is 0 Å². The van der Waals surface area contributed by atoms with Crippen molar-refractivity contribution in [1.29, 1.82) is 0 Å². The number of hydrogen-bond acceptors (Lipinski definition) is 1. The number of allylic oxidation sites excluding steroid dienone is 1. The summed E-state index contributed by atoms with van der Waals surface area (Å²) in [5.74, 6) is 1.63. The SMILES string of the molecule is C=Cc1c(/C=C\C)n(-c2ccc(Oc3cc[nH]c3C)cc2)c2ccc(-c3ccc4[nH]c5ccccc5c4c3)cc12. The van der Waals surface area contributed by atoms with Gasteiger partial charge in [0.05, 0.1) is 16.9 Å². The van der Waals surface area contributed by atoms with E-state index in [1.807, 2.05) is 44.3 Å². The first-order valence-electron chi connectivity index (χ1n) is 13.5. The zero-order valence-corrected chi connectivity index (χ0v) is 22.5. The molecule has 194 valence electrons. The van der Waals surface area contributed by atoms with Gasteiger partial charge in [0.15, 0.2) is 0 Å². The molecule has 3 heterocycles. The van der Waals surface area contributed by atoms with Crippen LogP contribution in [0.4, 0.5) is 0 Å². The maximum atomic E-state index is 6.07. The Labute approximate surface area is 232 Å². The molecule has 4 nitrogen and oxygen atoms in total. The van der Waals surface area contributed by atoms with Gasteiger partial charge in [-0.15, -0.1) is 0 Å². The molecule has 0 aliphatic rings. The van der Waals surface area contributed by atoms with Gasteiger partial charge in [0, 0.05) is 44.6 Å². The quantitative estimate of drug-likeness (QED) is 0.226. The van der Waals surface area contributed by atoms with E-state index in [9.17, 15) is 0 Å². The Morgan fingerprint density at radius 3 is 2.30 bits per heavy atom. The molecular weight excluding hydrogens is 490 g/mol. The van der Waals surface area contributed by atoms with Crippen LogP contribution in [0.15, 0.2) is 110 Å². The Balaban J connectivity index is 1.35. The van der Waals surface area contributed by atoms with Crippen molar-refractivity contribution in [1.82, 2.24) is 14.5 Å². The average Bonchev–Trinajstić information content (AvgIpc) is 3.66. The van der Waals surface area contributed by atoms with E-state index in [4.69, 9.17) is 4.74 Å². The number of para-hydroxylation sites is 1. The fraction of sp³-hybridized carbons (Fsp3) is 0.0556. The second-order valence-electron chi connectivity index (χ2n) is 10.1. The number of hydrogen-bond donors (Lipinski definition) is 2. The molecule has 2 N–H and O–H groups in total. The zero-order valence-electron chi connectivity index (χ0n) is 22.5. The van der Waals surface area contributed by atoms with Crippen molar-refractivity contribution < 1.29 is 4.74 Å². The number of aromatic amines is 2. The third kappa shape index (κ3) is 3.85. The molecule has 0 fully saturated rings. The third-order valence-corrected chi connectivity index (χ3v) is 7.64. The monoisotopic (exact) mass is 519 g/mol. The van der Waals surface area contributed by atoms with E-state index in [1.54, 1.807) is 0 Å². The molecule has 0 atom stereocenters. The van der Waals surface area contributed by atoms with Gasteiger partial charge in [-0.05, 0) is 91.7 Å². The van der Waals surface area contributed by atoms with Crippen LogP contribution in [0, 0.1) is 6.92 Å². The predicted molar refractivity (Wildman–Crippen MR) is 168 cm³/mol. The number of rotatable bonds is 6. The molecule has 0 amide bonds. The summed E-state index contributed by atoms with van der Waals surface area (Å²) in [6, 6.07) is 32.0. The van der Waals surface area contributed by atoms with Gasteiger partial charge < -0.3 is 19.3 Å². The highest BCUT2D eigenvalue weighted by atomic mass is 16.5. The zero-order chi connectivity index (χ0) is 27.2. The van der Waals surface area contributed by atoms with Crippen molar-refractivity contribution in [2.75, 3.05) is 0 Å². The average molecular weight is 520 g/mol. The van der Waals surface area contributed by atoms with Crippen molar-refractivity contribution in [3.05, 3.63) is 127 Å². The minimum atomic E-state index is 0.800. The number of benzene rings is 4. The van der Waals surface area contributed by atoms with Crippen LogP contribution in [0.3, 0.4) is 0 Å². The van der Waals surface area contributed by atoms with Crippen LogP contribution < -0.4 is 4.74 Å². The van der Waals surface area contributed by atoms with Gasteiger partial charge in [0.2, 0.25) is 0 Å². The van der Waals surface area contributed by atoms with Crippen molar-refractivity contribution in [2.24, 2.45) is 0 Å². The highest BCUT2D eigenvalue weighted by Crippen LogP contribution is 2.37. The van der Waals surface area contributed by atoms with Crippen molar-refractivity contribution >= 4 is 44.9 Å². The first-order valence-corrected chi connectivity index (χ1v) is 13.5. The number of aryl methyl sites for hydroxylation is 1. The van der Waals surface area contributed by atoms with Gasteiger partial charge >= 0.3 is 0 Å². The molecule has 7 aromatic rings. The summed E-state index contributed by atoms with van der Waals surface area (Å²) < 4.78 is 8.37. The smallest absolute Gasteiger partial charge is 0.147 e. The van der Waals surface area contributed by atoms with E-state index in [-0.39, 0.29) is 0 Å². The Morgan fingerprint density at radius 2 is 1.55 bits per heavy atom. The first kappa shape index (κ1) is 23.9. The maximum Gasteiger partial charge on any atom is 0.147 e. The van der Waals surface area contributed by atoms with Crippen molar-refractivity contribution in [3.63, 3.8) is 0 Å². The molecule has 0 saturated heterocycles. The van der Waals surface area contributed by atoms with E-state index in [0.29, 0.717) is 0 Å². The third-order valence-electron chi connectivity index (χ3n) is 7.64. The van der Waals surface area contributed by atoms with Crippen molar-refractivity contribution in [3.8, 4) is 28.3 Å². The molecular formula is C36H29N3O. The fourth-order valence-corrected chi connectivity index (χ4v) is 5.70. The fourth-order valence-electron chi connectivity index (χ4n) is 5.70. The molecule has 0 aliphatic heterocycles. The number of nitrogens with zero attached hydrogens (tertiary/aromatic N) is 1. The van der Waals surface area contributed by atoms with Gasteiger partial charge in [0.1, 0.15) is 11.5 Å². The van der Waals surface area contributed by atoms with E-state index in [0.717, 1.165) is 50.7 Å². The molecule has 40 heavy (non-hydrogen) atoms. The number of nitrogens with one attached hydrogen (secondary N) is 2. The molecule has 0 radical (unpaired) electrons. The lowest BCUT2D eigenvalue weighted by molar-refractivity contribution is 0.479. The molecule has 0 spiro atoms. The lowest BCUT2D eigenvalue weighted by Crippen LogP contribution is -1.97. The summed E-state index contributed by atoms with van der Waals surface area (Å²) in [5, 5.41) is 3.65. The molecule has 7 rings (SSSR count). The van der Waals surface area contributed by atoms with Gasteiger partial charge in [-0.1, -0.05) is 49.1 Å². The number of aromatic nitrogens is 3.